The Morgan fingerprint density at radius 1 is 1.16 bits per heavy atom. The van der Waals surface area contributed by atoms with Crippen LogP contribution in [-0.4, -0.2) is 52.3 Å². The molecule has 13 heteroatoms. The van der Waals surface area contributed by atoms with Crippen LogP contribution in [0.5, 0.6) is 5.75 Å². The number of aryl methyl sites for hydroxylation is 2. The van der Waals surface area contributed by atoms with Gasteiger partial charge in [0.05, 0.1) is 29.5 Å². The summed E-state index contributed by atoms with van der Waals surface area (Å²) >= 11 is 1.41. The summed E-state index contributed by atoms with van der Waals surface area (Å²) in [7, 11) is 2.95. The van der Waals surface area contributed by atoms with Crippen LogP contribution in [0.3, 0.4) is 0 Å². The predicted octanol–water partition coefficient (Wildman–Crippen LogP) is 1.76. The van der Waals surface area contributed by atoms with Gasteiger partial charge in [-0.2, -0.15) is 0 Å². The normalized spacial score (nSPS) is 11.4. The fraction of sp³-hybridized carbons (Fsp3) is 0.333. The number of benzene rings is 1. The maximum Gasteiger partial charge on any atom is 0.332 e. The summed E-state index contributed by atoms with van der Waals surface area (Å²) in [4.78, 5) is 53.4. The Bertz CT molecular complexity index is 1700. The van der Waals surface area contributed by atoms with Crippen LogP contribution in [-0.2, 0) is 32.0 Å². The van der Waals surface area contributed by atoms with Crippen molar-refractivity contribution in [3.63, 3.8) is 0 Å². The highest BCUT2D eigenvalue weighted by Crippen LogP contribution is 2.32. The number of thiazole rings is 1. The molecule has 37 heavy (non-hydrogen) atoms. The van der Waals surface area contributed by atoms with E-state index in [0.29, 0.717) is 31.2 Å². The van der Waals surface area contributed by atoms with Crippen molar-refractivity contribution in [1.29, 1.82) is 0 Å². The van der Waals surface area contributed by atoms with E-state index in [1.165, 1.54) is 33.8 Å². The second-order valence-electron chi connectivity index (χ2n) is 8.51. The summed E-state index contributed by atoms with van der Waals surface area (Å²) in [6.45, 7) is 3.45. The molecule has 0 aliphatic heterocycles. The van der Waals surface area contributed by atoms with Gasteiger partial charge in [0.2, 0.25) is 5.91 Å². The van der Waals surface area contributed by atoms with E-state index in [4.69, 9.17) is 9.72 Å². The van der Waals surface area contributed by atoms with Crippen molar-refractivity contribution in [2.75, 3.05) is 18.1 Å². The van der Waals surface area contributed by atoms with Crippen molar-refractivity contribution in [2.24, 2.45) is 14.1 Å². The van der Waals surface area contributed by atoms with Gasteiger partial charge >= 0.3 is 5.69 Å². The van der Waals surface area contributed by atoms with Crippen molar-refractivity contribution >= 4 is 43.8 Å². The molecule has 0 saturated heterocycles. The molecule has 1 aromatic carbocycles. The van der Waals surface area contributed by atoms with E-state index in [1.54, 1.807) is 24.5 Å². The zero-order valence-electron chi connectivity index (χ0n) is 20.7. The number of hydrogen-bond donors (Lipinski definition) is 0. The van der Waals surface area contributed by atoms with Gasteiger partial charge in [0, 0.05) is 39.6 Å². The van der Waals surface area contributed by atoms with Gasteiger partial charge in [-0.05, 0) is 31.5 Å². The summed E-state index contributed by atoms with van der Waals surface area (Å²) in [6, 6.07) is 5.65. The quantitative estimate of drug-likeness (QED) is 0.289. The molecule has 0 saturated carbocycles. The van der Waals surface area contributed by atoms with Crippen LogP contribution in [0, 0.1) is 0 Å². The lowest BCUT2D eigenvalue weighted by atomic mass is 10.3. The molecule has 1 amide bonds. The van der Waals surface area contributed by atoms with E-state index in [2.05, 4.69) is 9.97 Å². The highest BCUT2D eigenvalue weighted by Gasteiger charge is 2.23. The van der Waals surface area contributed by atoms with Crippen LogP contribution >= 0.6 is 11.3 Å². The number of amides is 1. The largest absolute Gasteiger partial charge is 0.494 e. The number of nitrogens with zero attached hydrogens (tertiary/aromatic N) is 8. The van der Waals surface area contributed by atoms with E-state index >= 15 is 0 Å². The molecule has 0 aliphatic carbocycles. The molecule has 192 valence electrons. The predicted molar refractivity (Wildman–Crippen MR) is 140 cm³/mol. The number of hydrogen-bond acceptors (Lipinski definition) is 8. The zero-order valence-corrected chi connectivity index (χ0v) is 21.5. The first-order chi connectivity index (χ1) is 17.9. The molecule has 0 radical (unpaired) electrons. The molecule has 0 atom stereocenters. The van der Waals surface area contributed by atoms with Crippen LogP contribution in [0.15, 0.2) is 52.8 Å². The van der Waals surface area contributed by atoms with E-state index in [1.807, 2.05) is 35.9 Å². The van der Waals surface area contributed by atoms with Gasteiger partial charge in [0.15, 0.2) is 16.3 Å². The molecule has 12 nitrogen and oxygen atoms in total. The minimum atomic E-state index is -0.501. The number of carbonyl (C=O) groups is 1. The van der Waals surface area contributed by atoms with Crippen molar-refractivity contribution < 1.29 is 9.53 Å². The van der Waals surface area contributed by atoms with Crippen LogP contribution < -0.4 is 20.9 Å². The SMILES string of the molecule is CCOc1ccc2nc(N(CCCn3ccnc3)C(=O)Cn3cnc4c3c(=O)n(C)c(=O)n4C)sc2c1. The summed E-state index contributed by atoms with van der Waals surface area (Å²) in [5.41, 5.74) is 0.223. The Morgan fingerprint density at radius 2 is 2.00 bits per heavy atom. The summed E-state index contributed by atoms with van der Waals surface area (Å²) in [6.07, 6.45) is 7.40. The number of carbonyl (C=O) groups excluding carboxylic acids is 1. The third-order valence-electron chi connectivity index (χ3n) is 6.07. The highest BCUT2D eigenvalue weighted by atomic mass is 32.1. The van der Waals surface area contributed by atoms with Gasteiger partial charge in [-0.15, -0.1) is 0 Å². The average molecular weight is 523 g/mol. The molecule has 5 aromatic rings. The summed E-state index contributed by atoms with van der Waals surface area (Å²) in [5.74, 6) is 0.499. The minimum absolute atomic E-state index is 0.130. The molecule has 0 spiro atoms. The Hall–Kier alpha value is -4.26. The molecular weight excluding hydrogens is 496 g/mol. The number of anilines is 1. The number of imidazole rings is 2. The summed E-state index contributed by atoms with van der Waals surface area (Å²) in [5, 5.41) is 0.559. The number of fused-ring (bicyclic) bond motifs is 2. The van der Waals surface area contributed by atoms with Crippen molar-refractivity contribution in [3.8, 4) is 5.75 Å². The van der Waals surface area contributed by atoms with Crippen LogP contribution in [0.25, 0.3) is 21.4 Å². The van der Waals surface area contributed by atoms with Gasteiger partial charge in [-0.25, -0.2) is 19.7 Å². The van der Waals surface area contributed by atoms with Crippen molar-refractivity contribution in [3.05, 3.63) is 64.1 Å². The molecule has 0 aliphatic rings. The van der Waals surface area contributed by atoms with Crippen LogP contribution in [0.4, 0.5) is 5.13 Å². The first kappa shape index (κ1) is 24.4. The maximum absolute atomic E-state index is 13.7. The Kier molecular flexibility index (Phi) is 6.61. The molecule has 0 fully saturated rings. The Labute approximate surface area is 215 Å². The van der Waals surface area contributed by atoms with Gasteiger partial charge in [0.1, 0.15) is 12.3 Å². The molecule has 0 bridgehead atoms. The standard InChI is InChI=1S/C24H26N8O4S/c1-4-36-16-6-7-17-18(12-16)37-23(27-17)32(10-5-9-30-11-8-25-14-30)19(33)13-31-15-26-21-20(31)22(34)29(3)24(35)28(21)2/h6-8,11-12,14-15H,4-5,9-10,13H2,1-3H3. The van der Waals surface area contributed by atoms with Crippen molar-refractivity contribution in [2.45, 2.75) is 26.4 Å². The van der Waals surface area contributed by atoms with Gasteiger partial charge in [0.25, 0.3) is 5.56 Å². The average Bonchev–Trinajstić information content (AvgIpc) is 3.64. The third kappa shape index (κ3) is 4.65. The van der Waals surface area contributed by atoms with Gasteiger partial charge in [-0.3, -0.25) is 23.6 Å². The molecular formula is C24H26N8O4S. The first-order valence-corrected chi connectivity index (χ1v) is 12.6. The number of rotatable bonds is 9. The van der Waals surface area contributed by atoms with Gasteiger partial charge in [-0.1, -0.05) is 11.3 Å². The fourth-order valence-electron chi connectivity index (χ4n) is 4.17. The van der Waals surface area contributed by atoms with E-state index in [0.717, 1.165) is 20.5 Å². The Balaban J connectivity index is 1.48. The van der Waals surface area contributed by atoms with E-state index < -0.39 is 11.2 Å². The Morgan fingerprint density at radius 3 is 2.76 bits per heavy atom. The molecule has 0 unspecified atom stereocenters. The van der Waals surface area contributed by atoms with Crippen LogP contribution in [0.1, 0.15) is 13.3 Å². The highest BCUT2D eigenvalue weighted by molar-refractivity contribution is 7.22. The lowest BCUT2D eigenvalue weighted by Gasteiger charge is -2.20. The second-order valence-corrected chi connectivity index (χ2v) is 9.52. The second kappa shape index (κ2) is 10.0. The lowest BCUT2D eigenvalue weighted by molar-refractivity contribution is -0.119. The number of aromatic nitrogens is 7. The van der Waals surface area contributed by atoms with Crippen molar-refractivity contribution in [1.82, 2.24) is 33.2 Å². The summed E-state index contributed by atoms with van der Waals surface area (Å²) < 4.78 is 12.3. The topological polar surface area (TPSA) is 122 Å². The first-order valence-electron chi connectivity index (χ1n) is 11.8. The molecule has 5 rings (SSSR count). The van der Waals surface area contributed by atoms with E-state index in [-0.39, 0.29) is 23.6 Å². The molecule has 4 heterocycles. The maximum atomic E-state index is 13.7. The third-order valence-corrected chi connectivity index (χ3v) is 7.11. The van der Waals surface area contributed by atoms with Crippen LogP contribution in [0.2, 0.25) is 0 Å². The monoisotopic (exact) mass is 522 g/mol. The zero-order chi connectivity index (χ0) is 26.1. The fourth-order valence-corrected chi connectivity index (χ4v) is 5.21. The molecule has 0 N–H and O–H groups in total. The lowest BCUT2D eigenvalue weighted by Crippen LogP contribution is -2.39. The smallest absolute Gasteiger partial charge is 0.332 e. The minimum Gasteiger partial charge on any atom is -0.494 e. The van der Waals surface area contributed by atoms with Gasteiger partial charge < -0.3 is 13.9 Å². The molecule has 4 aromatic heterocycles. The number of ether oxygens (including phenoxy) is 1. The van der Waals surface area contributed by atoms with E-state index in [9.17, 15) is 14.4 Å².